The molecule has 1 aromatic heterocycles. The van der Waals surface area contributed by atoms with Crippen molar-refractivity contribution in [1.29, 1.82) is 0 Å². The third-order valence-electron chi connectivity index (χ3n) is 4.87. The van der Waals surface area contributed by atoms with Gasteiger partial charge in [0.2, 0.25) is 17.8 Å². The van der Waals surface area contributed by atoms with Crippen LogP contribution in [0.3, 0.4) is 0 Å². The lowest BCUT2D eigenvalue weighted by atomic mass is 10.2. The first-order valence-electron chi connectivity index (χ1n) is 10.2. The van der Waals surface area contributed by atoms with Crippen molar-refractivity contribution in [3.05, 3.63) is 67.1 Å². The van der Waals surface area contributed by atoms with Crippen molar-refractivity contribution < 1.29 is 9.66 Å². The number of hydrogen-bond acceptors (Lipinski definition) is 10. The second-order valence-corrected chi connectivity index (χ2v) is 8.57. The fourth-order valence-corrected chi connectivity index (χ4v) is 3.84. The van der Waals surface area contributed by atoms with Crippen molar-refractivity contribution in [2.45, 2.75) is 6.92 Å². The molecule has 11 nitrogen and oxygen atoms in total. The summed E-state index contributed by atoms with van der Waals surface area (Å²) in [5.74, 6) is 0.961. The van der Waals surface area contributed by atoms with Crippen molar-refractivity contribution in [3.8, 4) is 0 Å². The van der Waals surface area contributed by atoms with Crippen LogP contribution in [-0.4, -0.2) is 52.4 Å². The molecule has 0 bridgehead atoms. The van der Waals surface area contributed by atoms with E-state index < -0.39 is 4.92 Å². The summed E-state index contributed by atoms with van der Waals surface area (Å²) in [6.45, 7) is 4.33. The van der Waals surface area contributed by atoms with Gasteiger partial charge in [-0.1, -0.05) is 23.7 Å². The molecule has 2 aromatic carbocycles. The number of halogens is 2. The Morgan fingerprint density at radius 2 is 1.97 bits per heavy atom. The van der Waals surface area contributed by atoms with Crippen LogP contribution in [-0.2, 0) is 4.74 Å². The molecule has 1 aliphatic heterocycles. The van der Waals surface area contributed by atoms with Gasteiger partial charge < -0.3 is 15.0 Å². The van der Waals surface area contributed by atoms with Crippen LogP contribution in [0.4, 0.5) is 29.2 Å². The van der Waals surface area contributed by atoms with Gasteiger partial charge in [0.05, 0.1) is 30.0 Å². The lowest BCUT2D eigenvalue weighted by Gasteiger charge is -2.27. The average Bonchev–Trinajstić information content (AvgIpc) is 2.83. The molecule has 0 atom stereocenters. The van der Waals surface area contributed by atoms with E-state index in [2.05, 4.69) is 46.7 Å². The normalized spacial score (nSPS) is 13.8. The number of ether oxygens (including phenoxy) is 1. The van der Waals surface area contributed by atoms with Gasteiger partial charge in [0.15, 0.2) is 0 Å². The molecule has 0 spiro atoms. The minimum atomic E-state index is -0.460. The zero-order valence-electron chi connectivity index (χ0n) is 18.0. The first-order valence-corrected chi connectivity index (χ1v) is 11.4. The largest absolute Gasteiger partial charge is 0.378 e. The van der Waals surface area contributed by atoms with Gasteiger partial charge in [-0.3, -0.25) is 10.1 Å². The molecular weight excluding hydrogens is 528 g/mol. The average molecular weight is 548 g/mol. The number of hydrogen-bond donors (Lipinski definition) is 2. The van der Waals surface area contributed by atoms with E-state index in [1.807, 2.05) is 17.9 Å². The Hall–Kier alpha value is -3.35. The molecule has 0 amide bonds. The van der Waals surface area contributed by atoms with E-state index in [-0.39, 0.29) is 11.6 Å². The van der Waals surface area contributed by atoms with Gasteiger partial charge in [-0.2, -0.15) is 20.1 Å². The molecule has 1 aliphatic rings. The number of nitrogens with zero attached hydrogens (tertiary/aromatic N) is 6. The Morgan fingerprint density at radius 3 is 2.74 bits per heavy atom. The van der Waals surface area contributed by atoms with E-state index in [4.69, 9.17) is 16.3 Å². The van der Waals surface area contributed by atoms with Crippen LogP contribution < -0.4 is 15.6 Å². The van der Waals surface area contributed by atoms with Crippen molar-refractivity contribution in [2.24, 2.45) is 5.10 Å². The van der Waals surface area contributed by atoms with Crippen LogP contribution in [0.1, 0.15) is 11.1 Å². The topological polar surface area (TPSA) is 131 Å². The molecular formula is C21H20BrClN8O3. The SMILES string of the molecule is Cc1cc(Br)c(Nc2nc(N/N=C\c3cccc([N+](=O)[O-])c3)nc(N3CCOCC3)n2)cc1Cl. The summed E-state index contributed by atoms with van der Waals surface area (Å²) in [6.07, 6.45) is 1.45. The van der Waals surface area contributed by atoms with Gasteiger partial charge in [0, 0.05) is 40.3 Å². The molecule has 34 heavy (non-hydrogen) atoms. The Balaban J connectivity index is 1.60. The molecule has 1 saturated heterocycles. The van der Waals surface area contributed by atoms with E-state index in [0.29, 0.717) is 54.5 Å². The van der Waals surface area contributed by atoms with Crippen LogP contribution in [0, 0.1) is 17.0 Å². The number of anilines is 4. The predicted molar refractivity (Wildman–Crippen MR) is 134 cm³/mol. The fraction of sp³-hybridized carbons (Fsp3) is 0.238. The smallest absolute Gasteiger partial charge is 0.270 e. The number of rotatable bonds is 7. The number of nitro benzene ring substituents is 1. The van der Waals surface area contributed by atoms with Crippen molar-refractivity contribution in [3.63, 3.8) is 0 Å². The summed E-state index contributed by atoms with van der Waals surface area (Å²) in [7, 11) is 0. The van der Waals surface area contributed by atoms with Gasteiger partial charge in [-0.05, 0) is 40.5 Å². The minimum Gasteiger partial charge on any atom is -0.378 e. The lowest BCUT2D eigenvalue weighted by Crippen LogP contribution is -2.37. The van der Waals surface area contributed by atoms with E-state index in [1.165, 1.54) is 18.3 Å². The monoisotopic (exact) mass is 546 g/mol. The van der Waals surface area contributed by atoms with Crippen LogP contribution in [0.5, 0.6) is 0 Å². The molecule has 4 rings (SSSR count). The summed E-state index contributed by atoms with van der Waals surface area (Å²) in [6, 6.07) is 9.81. The van der Waals surface area contributed by atoms with E-state index in [1.54, 1.807) is 18.2 Å². The van der Waals surface area contributed by atoms with E-state index >= 15 is 0 Å². The highest BCUT2D eigenvalue weighted by atomic mass is 79.9. The quantitative estimate of drug-likeness (QED) is 0.249. The maximum absolute atomic E-state index is 11.0. The van der Waals surface area contributed by atoms with E-state index in [0.717, 1.165) is 10.0 Å². The standard InChI is InChI=1S/C21H20BrClN8O3/c1-13-9-16(22)18(11-17(13)23)25-19-26-20(28-21(27-19)30-5-7-34-8-6-30)29-24-12-14-3-2-4-15(10-14)31(32)33/h2-4,9-12H,5-8H2,1H3,(H2,25,26,27,28,29)/b24-12-. The summed E-state index contributed by atoms with van der Waals surface area (Å²) < 4.78 is 6.23. The second-order valence-electron chi connectivity index (χ2n) is 7.31. The second kappa shape index (κ2) is 10.7. The number of nitrogens with one attached hydrogen (secondary N) is 2. The molecule has 0 saturated carbocycles. The van der Waals surface area contributed by atoms with Gasteiger partial charge >= 0.3 is 0 Å². The Kier molecular flexibility index (Phi) is 7.50. The zero-order chi connectivity index (χ0) is 24.1. The molecule has 1 fully saturated rings. The number of non-ortho nitro benzene ring substituents is 1. The zero-order valence-corrected chi connectivity index (χ0v) is 20.4. The number of aryl methyl sites for hydroxylation is 1. The highest BCUT2D eigenvalue weighted by molar-refractivity contribution is 9.10. The van der Waals surface area contributed by atoms with Gasteiger partial charge in [0.25, 0.3) is 5.69 Å². The van der Waals surface area contributed by atoms with Crippen LogP contribution in [0.15, 0.2) is 46.0 Å². The highest BCUT2D eigenvalue weighted by Gasteiger charge is 2.17. The Morgan fingerprint density at radius 1 is 1.21 bits per heavy atom. The highest BCUT2D eigenvalue weighted by Crippen LogP contribution is 2.31. The van der Waals surface area contributed by atoms with Crippen LogP contribution >= 0.6 is 27.5 Å². The lowest BCUT2D eigenvalue weighted by molar-refractivity contribution is -0.384. The predicted octanol–water partition coefficient (Wildman–Crippen LogP) is 4.53. The van der Waals surface area contributed by atoms with Gasteiger partial charge in [-0.25, -0.2) is 5.43 Å². The Labute approximate surface area is 208 Å². The third kappa shape index (κ3) is 5.95. The molecule has 2 heterocycles. The molecule has 0 aliphatic carbocycles. The minimum absolute atomic E-state index is 0.0208. The molecule has 13 heteroatoms. The first-order chi connectivity index (χ1) is 16.4. The summed E-state index contributed by atoms with van der Waals surface area (Å²) >= 11 is 9.81. The molecule has 2 N–H and O–H groups in total. The number of nitro groups is 1. The third-order valence-corrected chi connectivity index (χ3v) is 5.93. The maximum Gasteiger partial charge on any atom is 0.270 e. The van der Waals surface area contributed by atoms with Crippen molar-refractivity contribution in [2.75, 3.05) is 41.9 Å². The molecule has 176 valence electrons. The summed E-state index contributed by atoms with van der Waals surface area (Å²) in [5, 5.41) is 18.9. The number of aromatic nitrogens is 3. The first kappa shape index (κ1) is 23.8. The fourth-order valence-electron chi connectivity index (χ4n) is 3.12. The van der Waals surface area contributed by atoms with Crippen molar-refractivity contribution >= 4 is 63.0 Å². The Bertz CT molecular complexity index is 1240. The number of hydrazone groups is 1. The maximum atomic E-state index is 11.0. The summed E-state index contributed by atoms with van der Waals surface area (Å²) in [4.78, 5) is 25.9. The molecule has 0 radical (unpaired) electrons. The number of morpholine rings is 1. The van der Waals surface area contributed by atoms with Crippen LogP contribution in [0.25, 0.3) is 0 Å². The molecule has 3 aromatic rings. The van der Waals surface area contributed by atoms with Crippen LogP contribution in [0.2, 0.25) is 5.02 Å². The number of benzene rings is 2. The van der Waals surface area contributed by atoms with Gasteiger partial charge in [0.1, 0.15) is 0 Å². The molecule has 0 unspecified atom stereocenters. The summed E-state index contributed by atoms with van der Waals surface area (Å²) in [5.41, 5.74) is 4.95. The van der Waals surface area contributed by atoms with E-state index in [9.17, 15) is 10.1 Å². The van der Waals surface area contributed by atoms with Crippen molar-refractivity contribution in [1.82, 2.24) is 15.0 Å². The van der Waals surface area contributed by atoms with Gasteiger partial charge in [-0.15, -0.1) is 0 Å².